The summed E-state index contributed by atoms with van der Waals surface area (Å²) < 4.78 is 13.4. The lowest BCUT2D eigenvalue weighted by atomic mass is 10.0. The second kappa shape index (κ2) is 24.0. The number of quaternary nitrogens is 1. The van der Waals surface area contributed by atoms with Crippen LogP contribution in [0.25, 0.3) is 0 Å². The van der Waals surface area contributed by atoms with Crippen LogP contribution in [0, 0.1) is 0 Å². The predicted octanol–water partition coefficient (Wildman–Crippen LogP) is 7.22. The van der Waals surface area contributed by atoms with E-state index in [9.17, 15) is 14.3 Å². The molecule has 0 heterocycles. The van der Waals surface area contributed by atoms with Crippen LogP contribution in [0.3, 0.4) is 0 Å². The van der Waals surface area contributed by atoms with Crippen molar-refractivity contribution in [2.75, 3.05) is 27.7 Å². The Balaban J connectivity index is 0. The van der Waals surface area contributed by atoms with E-state index in [1.54, 1.807) is 0 Å². The summed E-state index contributed by atoms with van der Waals surface area (Å²) in [5.74, 6) is -1.58. The lowest BCUT2D eigenvalue weighted by Crippen LogP contribution is -2.35. The standard InChI is InChI=1S/C19H42N.C8H15FO2/c1-5-6-7-8-9-10-11-12-13-14-15-16-17-18-19-20(2,3)4;1-2-3-4-5-6-7(9)8(10)11/h5-19H2,1-4H3;7H,2-6H2,1H3,(H,10,11)/q+1;/p-1. The van der Waals surface area contributed by atoms with Gasteiger partial charge in [0.2, 0.25) is 0 Å². The zero-order valence-corrected chi connectivity index (χ0v) is 21.9. The number of hydrogen-bond acceptors (Lipinski definition) is 2. The van der Waals surface area contributed by atoms with Gasteiger partial charge in [0.05, 0.1) is 33.7 Å². The van der Waals surface area contributed by atoms with E-state index in [-0.39, 0.29) is 6.42 Å². The van der Waals surface area contributed by atoms with Gasteiger partial charge in [0, 0.05) is 0 Å². The molecule has 0 bridgehead atoms. The van der Waals surface area contributed by atoms with Gasteiger partial charge in [-0.3, -0.25) is 0 Å². The van der Waals surface area contributed by atoms with Crippen LogP contribution in [0.15, 0.2) is 0 Å². The highest BCUT2D eigenvalue weighted by atomic mass is 19.1. The number of unbranched alkanes of at least 4 members (excludes halogenated alkanes) is 16. The first-order valence-electron chi connectivity index (χ1n) is 13.4. The number of nitrogens with zero attached hydrogens (tertiary/aromatic N) is 1. The molecule has 0 N–H and O–H groups in total. The molecule has 3 nitrogen and oxygen atoms in total. The van der Waals surface area contributed by atoms with Crippen molar-refractivity contribution in [3.05, 3.63) is 0 Å². The van der Waals surface area contributed by atoms with Gasteiger partial charge in [0.15, 0.2) is 0 Å². The summed E-state index contributed by atoms with van der Waals surface area (Å²) in [7, 11) is 6.88. The fourth-order valence-corrected chi connectivity index (χ4v) is 3.65. The third kappa shape index (κ3) is 31.6. The van der Waals surface area contributed by atoms with E-state index in [0.29, 0.717) is 6.42 Å². The van der Waals surface area contributed by atoms with Gasteiger partial charge < -0.3 is 14.4 Å². The molecule has 4 heteroatoms. The summed E-state index contributed by atoms with van der Waals surface area (Å²) in [6.07, 6.45) is 22.4. The number of rotatable bonds is 21. The normalized spacial score (nSPS) is 12.3. The number of hydrogen-bond donors (Lipinski definition) is 0. The molecule has 0 fully saturated rings. The summed E-state index contributed by atoms with van der Waals surface area (Å²) in [4.78, 5) is 9.88. The molecule has 0 aromatic rings. The van der Waals surface area contributed by atoms with Crippen molar-refractivity contribution in [2.45, 2.75) is 142 Å². The minimum Gasteiger partial charge on any atom is -0.547 e. The highest BCUT2D eigenvalue weighted by Gasteiger charge is 2.06. The van der Waals surface area contributed by atoms with E-state index in [2.05, 4.69) is 28.1 Å². The molecule has 0 aromatic heterocycles. The Morgan fingerprint density at radius 1 is 0.645 bits per heavy atom. The Morgan fingerprint density at radius 2 is 0.968 bits per heavy atom. The third-order valence-electron chi connectivity index (χ3n) is 5.75. The molecule has 31 heavy (non-hydrogen) atoms. The van der Waals surface area contributed by atoms with Gasteiger partial charge in [-0.2, -0.15) is 0 Å². The first kappa shape index (κ1) is 32.5. The van der Waals surface area contributed by atoms with Gasteiger partial charge in [-0.15, -0.1) is 0 Å². The zero-order chi connectivity index (χ0) is 23.8. The average molecular weight is 446 g/mol. The van der Waals surface area contributed by atoms with E-state index >= 15 is 0 Å². The topological polar surface area (TPSA) is 40.1 Å². The Morgan fingerprint density at radius 3 is 1.29 bits per heavy atom. The minimum absolute atomic E-state index is 0.0995. The highest BCUT2D eigenvalue weighted by molar-refractivity contribution is 5.69. The van der Waals surface area contributed by atoms with Crippen molar-refractivity contribution in [2.24, 2.45) is 0 Å². The van der Waals surface area contributed by atoms with Crippen molar-refractivity contribution in [3.8, 4) is 0 Å². The number of carbonyl (C=O) groups excluding carboxylic acids is 1. The van der Waals surface area contributed by atoms with Gasteiger partial charge in [-0.25, -0.2) is 4.39 Å². The van der Waals surface area contributed by atoms with Crippen LogP contribution in [0.5, 0.6) is 0 Å². The molecule has 1 unspecified atom stereocenters. The third-order valence-corrected chi connectivity index (χ3v) is 5.75. The Kier molecular flexibility index (Phi) is 25.2. The molecular weight excluding hydrogens is 389 g/mol. The number of carboxylic acids is 1. The summed E-state index contributed by atoms with van der Waals surface area (Å²) in [6, 6.07) is 0. The molecule has 0 amide bonds. The highest BCUT2D eigenvalue weighted by Crippen LogP contribution is 2.13. The van der Waals surface area contributed by atoms with Crippen molar-refractivity contribution < 1.29 is 18.8 Å². The van der Waals surface area contributed by atoms with Crippen LogP contribution in [0.1, 0.15) is 136 Å². The zero-order valence-electron chi connectivity index (χ0n) is 21.9. The second-order valence-corrected chi connectivity index (χ2v) is 10.2. The van der Waals surface area contributed by atoms with Crippen LogP contribution in [0.2, 0.25) is 0 Å². The smallest absolute Gasteiger partial charge is 0.139 e. The maximum absolute atomic E-state index is 12.3. The van der Waals surface area contributed by atoms with E-state index in [0.717, 1.165) is 23.7 Å². The Bertz CT molecular complexity index is 369. The van der Waals surface area contributed by atoms with Crippen molar-refractivity contribution in [1.29, 1.82) is 0 Å². The largest absolute Gasteiger partial charge is 0.547 e. The minimum atomic E-state index is -1.77. The van der Waals surface area contributed by atoms with Crippen molar-refractivity contribution in [1.82, 2.24) is 0 Å². The molecule has 0 saturated carbocycles. The SMILES string of the molecule is CCCCCCC(F)C(=O)[O-].CCCCCCCCCCCCCCCC[N+](C)(C)C. The molecule has 0 aliphatic rings. The molecule has 0 spiro atoms. The van der Waals surface area contributed by atoms with Crippen LogP contribution >= 0.6 is 0 Å². The Labute approximate surface area is 194 Å². The summed E-state index contributed by atoms with van der Waals surface area (Å²) in [6.45, 7) is 5.67. The maximum Gasteiger partial charge on any atom is 0.139 e. The predicted molar refractivity (Wildman–Crippen MR) is 132 cm³/mol. The summed E-state index contributed by atoms with van der Waals surface area (Å²) >= 11 is 0. The fraction of sp³-hybridized carbons (Fsp3) is 0.963. The molecular formula is C27H56FNO2. The van der Waals surface area contributed by atoms with Crippen LogP contribution < -0.4 is 5.11 Å². The van der Waals surface area contributed by atoms with Gasteiger partial charge in [-0.05, 0) is 19.3 Å². The van der Waals surface area contributed by atoms with E-state index in [1.165, 1.54) is 96.4 Å². The fourth-order valence-electron chi connectivity index (χ4n) is 3.65. The quantitative estimate of drug-likeness (QED) is 0.138. The van der Waals surface area contributed by atoms with E-state index in [1.807, 2.05) is 6.92 Å². The summed E-state index contributed by atoms with van der Waals surface area (Å²) in [5.41, 5.74) is 0. The number of alkyl halides is 1. The van der Waals surface area contributed by atoms with Gasteiger partial charge >= 0.3 is 0 Å². The molecule has 0 aliphatic carbocycles. The lowest BCUT2D eigenvalue weighted by molar-refractivity contribution is -0.870. The van der Waals surface area contributed by atoms with Crippen molar-refractivity contribution >= 4 is 5.97 Å². The van der Waals surface area contributed by atoms with Crippen LogP contribution in [-0.4, -0.2) is 44.3 Å². The van der Waals surface area contributed by atoms with Crippen molar-refractivity contribution in [3.63, 3.8) is 0 Å². The molecule has 0 saturated heterocycles. The second-order valence-electron chi connectivity index (χ2n) is 10.2. The van der Waals surface area contributed by atoms with Crippen LogP contribution in [-0.2, 0) is 4.79 Å². The monoisotopic (exact) mass is 445 g/mol. The summed E-state index contributed by atoms with van der Waals surface area (Å²) in [5, 5.41) is 9.88. The molecule has 188 valence electrons. The first-order valence-corrected chi connectivity index (χ1v) is 13.4. The number of halogens is 1. The lowest BCUT2D eigenvalue weighted by Gasteiger charge is -2.23. The van der Waals surface area contributed by atoms with Crippen LogP contribution in [0.4, 0.5) is 4.39 Å². The molecule has 0 radical (unpaired) electrons. The molecule has 1 atom stereocenters. The number of aliphatic carboxylic acids is 1. The van der Waals surface area contributed by atoms with E-state index in [4.69, 9.17) is 0 Å². The average Bonchev–Trinajstić information content (AvgIpc) is 2.71. The molecule has 0 rings (SSSR count). The van der Waals surface area contributed by atoms with Gasteiger partial charge in [-0.1, -0.05) is 117 Å². The number of carboxylic acid groups (broad SMARTS) is 1. The van der Waals surface area contributed by atoms with Gasteiger partial charge in [0.1, 0.15) is 6.17 Å². The number of carbonyl (C=O) groups is 1. The first-order chi connectivity index (χ1) is 14.7. The molecule has 0 aromatic carbocycles. The molecule has 0 aliphatic heterocycles. The Hall–Kier alpha value is -0.640. The maximum atomic E-state index is 12.3. The van der Waals surface area contributed by atoms with E-state index < -0.39 is 12.1 Å². The van der Waals surface area contributed by atoms with Gasteiger partial charge in [0.25, 0.3) is 0 Å².